The van der Waals surface area contributed by atoms with Gasteiger partial charge in [0.2, 0.25) is 26.0 Å². The summed E-state index contributed by atoms with van der Waals surface area (Å²) in [6, 6.07) is 10.6. The number of hydrogen-bond donors (Lipinski definition) is 1. The molecule has 0 saturated heterocycles. The smallest absolute Gasteiger partial charge is 0.242 e. The van der Waals surface area contributed by atoms with Crippen LogP contribution in [0.5, 0.6) is 0 Å². The van der Waals surface area contributed by atoms with Gasteiger partial charge in [-0.05, 0) is 36.4 Å². The van der Waals surface area contributed by atoms with E-state index in [1.165, 1.54) is 38.4 Å². The summed E-state index contributed by atoms with van der Waals surface area (Å²) in [5.74, 6) is -0.513. The van der Waals surface area contributed by atoms with E-state index in [9.17, 15) is 21.6 Å². The molecule has 0 spiro atoms. The first-order valence-electron chi connectivity index (χ1n) is 8.19. The molecule has 1 amide bonds. The van der Waals surface area contributed by atoms with E-state index in [0.717, 1.165) is 14.9 Å². The number of rotatable bonds is 8. The Morgan fingerprint density at radius 1 is 1.04 bits per heavy atom. The maximum atomic E-state index is 12.2. The van der Waals surface area contributed by atoms with Crippen LogP contribution < -0.4 is 9.62 Å². The highest BCUT2D eigenvalue weighted by molar-refractivity contribution is 7.92. The van der Waals surface area contributed by atoms with E-state index < -0.39 is 32.5 Å². The molecule has 0 fully saturated rings. The van der Waals surface area contributed by atoms with Crippen molar-refractivity contribution in [1.82, 2.24) is 14.6 Å². The third kappa shape index (κ3) is 5.50. The van der Waals surface area contributed by atoms with Crippen molar-refractivity contribution in [2.45, 2.75) is 11.4 Å². The van der Waals surface area contributed by atoms with Crippen molar-refractivity contribution in [3.05, 3.63) is 54.4 Å². The van der Waals surface area contributed by atoms with E-state index in [-0.39, 0.29) is 17.1 Å². The molecule has 0 aliphatic rings. The zero-order chi connectivity index (χ0) is 20.9. The Kier molecular flexibility index (Phi) is 6.75. The monoisotopic (exact) mass is 426 g/mol. The zero-order valence-electron chi connectivity index (χ0n) is 15.7. The summed E-state index contributed by atoms with van der Waals surface area (Å²) in [5, 5.41) is 2.61. The summed E-state index contributed by atoms with van der Waals surface area (Å²) < 4.78 is 50.5. The lowest BCUT2D eigenvalue weighted by Gasteiger charge is -2.22. The fourth-order valence-electron chi connectivity index (χ4n) is 2.27. The molecule has 1 aromatic heterocycles. The molecule has 2 rings (SSSR count). The van der Waals surface area contributed by atoms with Gasteiger partial charge in [-0.1, -0.05) is 6.07 Å². The second-order valence-electron chi connectivity index (χ2n) is 6.15. The van der Waals surface area contributed by atoms with E-state index in [1.807, 2.05) is 0 Å². The number of aromatic nitrogens is 1. The summed E-state index contributed by atoms with van der Waals surface area (Å²) in [5.41, 5.74) is 0.827. The Balaban J connectivity index is 2.17. The molecule has 9 nitrogen and oxygen atoms in total. The molecule has 0 bridgehead atoms. The van der Waals surface area contributed by atoms with Gasteiger partial charge in [0.15, 0.2) is 0 Å². The van der Waals surface area contributed by atoms with Gasteiger partial charge < -0.3 is 5.32 Å². The third-order valence-electron chi connectivity index (χ3n) is 3.78. The van der Waals surface area contributed by atoms with E-state index >= 15 is 0 Å². The molecule has 28 heavy (non-hydrogen) atoms. The highest BCUT2D eigenvalue weighted by Gasteiger charge is 2.22. The number of sulfonamides is 2. The van der Waals surface area contributed by atoms with Crippen molar-refractivity contribution in [2.24, 2.45) is 0 Å². The van der Waals surface area contributed by atoms with Crippen LogP contribution >= 0.6 is 0 Å². The van der Waals surface area contributed by atoms with Crippen LogP contribution in [0.15, 0.2) is 53.6 Å². The second kappa shape index (κ2) is 8.67. The van der Waals surface area contributed by atoms with Crippen molar-refractivity contribution in [3.63, 3.8) is 0 Å². The largest absolute Gasteiger partial charge is 0.349 e. The second-order valence-corrected chi connectivity index (χ2v) is 10.2. The molecule has 152 valence electrons. The van der Waals surface area contributed by atoms with Crippen molar-refractivity contribution in [2.75, 3.05) is 31.2 Å². The van der Waals surface area contributed by atoms with Gasteiger partial charge in [-0.3, -0.25) is 14.1 Å². The van der Waals surface area contributed by atoms with E-state index in [0.29, 0.717) is 5.69 Å². The molecule has 1 aromatic carbocycles. The zero-order valence-corrected chi connectivity index (χ0v) is 17.4. The van der Waals surface area contributed by atoms with Crippen molar-refractivity contribution >= 4 is 31.6 Å². The van der Waals surface area contributed by atoms with Crippen LogP contribution in [-0.4, -0.2) is 58.9 Å². The van der Waals surface area contributed by atoms with E-state index in [1.54, 1.807) is 24.4 Å². The quantitative estimate of drug-likeness (QED) is 0.654. The van der Waals surface area contributed by atoms with Gasteiger partial charge in [-0.25, -0.2) is 21.1 Å². The van der Waals surface area contributed by atoms with Crippen LogP contribution in [0.1, 0.15) is 5.69 Å². The minimum absolute atomic E-state index is 0.0225. The Morgan fingerprint density at radius 3 is 2.18 bits per heavy atom. The first kappa shape index (κ1) is 21.8. The van der Waals surface area contributed by atoms with E-state index in [4.69, 9.17) is 0 Å². The number of nitrogens with one attached hydrogen (secondary N) is 1. The fraction of sp³-hybridized carbons (Fsp3) is 0.294. The molecule has 11 heteroatoms. The fourth-order valence-corrected chi connectivity index (χ4v) is 4.03. The lowest BCUT2D eigenvalue weighted by Crippen LogP contribution is -2.40. The van der Waals surface area contributed by atoms with Gasteiger partial charge in [-0.2, -0.15) is 0 Å². The molecule has 0 aliphatic carbocycles. The standard InChI is InChI=1S/C17H22N4O5S2/c1-20(2)28(25,26)16-9-7-15(8-10-16)21(27(3,23)24)13-17(22)19-12-14-6-4-5-11-18-14/h4-11H,12-13H2,1-3H3,(H,19,22). The summed E-state index contributed by atoms with van der Waals surface area (Å²) in [4.78, 5) is 16.3. The summed E-state index contributed by atoms with van der Waals surface area (Å²) in [7, 11) is -4.60. The number of pyridine rings is 1. The van der Waals surface area contributed by atoms with Gasteiger partial charge in [0.1, 0.15) is 6.54 Å². The average molecular weight is 427 g/mol. The third-order valence-corrected chi connectivity index (χ3v) is 6.75. The van der Waals surface area contributed by atoms with Crippen LogP contribution in [0.25, 0.3) is 0 Å². The van der Waals surface area contributed by atoms with Gasteiger partial charge in [0, 0.05) is 20.3 Å². The molecule has 0 unspecified atom stereocenters. The summed E-state index contributed by atoms with van der Waals surface area (Å²) >= 11 is 0. The molecular formula is C17H22N4O5S2. The topological polar surface area (TPSA) is 117 Å². The lowest BCUT2D eigenvalue weighted by atomic mass is 10.3. The molecule has 0 radical (unpaired) electrons. The van der Waals surface area contributed by atoms with Crippen LogP contribution in [-0.2, 0) is 31.4 Å². The number of hydrogen-bond acceptors (Lipinski definition) is 6. The minimum Gasteiger partial charge on any atom is -0.349 e. The molecule has 1 N–H and O–H groups in total. The van der Waals surface area contributed by atoms with Gasteiger partial charge in [0.25, 0.3) is 0 Å². The predicted octanol–water partition coefficient (Wildman–Crippen LogP) is 0.414. The molecule has 0 atom stereocenters. The Bertz CT molecular complexity index is 1020. The van der Waals surface area contributed by atoms with Crippen LogP contribution in [0, 0.1) is 0 Å². The van der Waals surface area contributed by atoms with E-state index in [2.05, 4.69) is 10.3 Å². The highest BCUT2D eigenvalue weighted by Crippen LogP contribution is 2.21. The van der Waals surface area contributed by atoms with Crippen LogP contribution in [0.4, 0.5) is 5.69 Å². The number of amides is 1. The molecule has 1 heterocycles. The van der Waals surface area contributed by atoms with Crippen LogP contribution in [0.3, 0.4) is 0 Å². The highest BCUT2D eigenvalue weighted by atomic mass is 32.2. The van der Waals surface area contributed by atoms with Crippen molar-refractivity contribution in [1.29, 1.82) is 0 Å². The number of anilines is 1. The Morgan fingerprint density at radius 2 is 1.68 bits per heavy atom. The van der Waals surface area contributed by atoms with Crippen LogP contribution in [0.2, 0.25) is 0 Å². The summed E-state index contributed by atoms with van der Waals surface area (Å²) in [6.07, 6.45) is 2.57. The molecular weight excluding hydrogens is 404 g/mol. The Labute approximate surface area is 165 Å². The van der Waals surface area contributed by atoms with Gasteiger partial charge in [0.05, 0.1) is 29.1 Å². The molecule has 0 aliphatic heterocycles. The average Bonchev–Trinajstić information content (AvgIpc) is 2.64. The number of carbonyl (C=O) groups excluding carboxylic acids is 1. The first-order chi connectivity index (χ1) is 13.0. The molecule has 2 aromatic rings. The van der Waals surface area contributed by atoms with Crippen molar-refractivity contribution in [3.8, 4) is 0 Å². The molecule has 0 saturated carbocycles. The Hall–Kier alpha value is -2.50. The predicted molar refractivity (Wildman–Crippen MR) is 106 cm³/mol. The first-order valence-corrected chi connectivity index (χ1v) is 11.5. The maximum Gasteiger partial charge on any atom is 0.242 e. The number of carbonyl (C=O) groups is 1. The number of nitrogens with zero attached hydrogens (tertiary/aromatic N) is 3. The summed E-state index contributed by atoms with van der Waals surface area (Å²) in [6.45, 7) is -0.275. The minimum atomic E-state index is -3.76. The van der Waals surface area contributed by atoms with Crippen molar-refractivity contribution < 1.29 is 21.6 Å². The normalized spacial score (nSPS) is 12.0. The SMILES string of the molecule is CN(C)S(=O)(=O)c1ccc(N(CC(=O)NCc2ccccn2)S(C)(=O)=O)cc1. The van der Waals surface area contributed by atoms with Gasteiger partial charge in [-0.15, -0.1) is 0 Å². The lowest BCUT2D eigenvalue weighted by molar-refractivity contribution is -0.119. The van der Waals surface area contributed by atoms with Gasteiger partial charge >= 0.3 is 0 Å². The number of benzene rings is 1. The maximum absolute atomic E-state index is 12.2.